The number of aromatic nitrogens is 3. The maximum atomic E-state index is 13.1. The third-order valence-corrected chi connectivity index (χ3v) is 6.42. The molecule has 0 unspecified atom stereocenters. The molecule has 3 aliphatic heterocycles. The van der Waals surface area contributed by atoms with E-state index < -0.39 is 0 Å². The van der Waals surface area contributed by atoms with Gasteiger partial charge in [0.15, 0.2) is 5.82 Å². The number of nitrogens with zero attached hydrogens (tertiary/aromatic N) is 6. The van der Waals surface area contributed by atoms with Crippen LogP contribution in [0.15, 0.2) is 24.5 Å². The van der Waals surface area contributed by atoms with Crippen LogP contribution in [0.1, 0.15) is 36.9 Å². The van der Waals surface area contributed by atoms with Gasteiger partial charge in [0.1, 0.15) is 5.82 Å². The number of rotatable bonds is 2. The fraction of sp³-hybridized carbons (Fsp3) is 0.565. The first-order chi connectivity index (χ1) is 15.3. The van der Waals surface area contributed by atoms with E-state index in [1.165, 1.54) is 25.7 Å². The summed E-state index contributed by atoms with van der Waals surface area (Å²) in [6.45, 7) is 5.84. The molecule has 0 saturated carbocycles. The first kappa shape index (κ1) is 20.2. The monoisotopic (exact) mass is 422 g/mol. The van der Waals surface area contributed by atoms with Gasteiger partial charge in [-0.2, -0.15) is 0 Å². The summed E-state index contributed by atoms with van der Waals surface area (Å²) in [4.78, 5) is 33.6. The molecule has 0 bridgehead atoms. The van der Waals surface area contributed by atoms with Gasteiger partial charge in [-0.15, -0.1) is 0 Å². The highest BCUT2D eigenvalue weighted by atomic mass is 16.5. The van der Waals surface area contributed by atoms with Gasteiger partial charge >= 0.3 is 6.03 Å². The van der Waals surface area contributed by atoms with E-state index in [1.54, 1.807) is 6.20 Å². The third kappa shape index (κ3) is 4.35. The number of carbonyl (C=O) groups excluding carboxylic acids is 1. The lowest BCUT2D eigenvalue weighted by Crippen LogP contribution is -2.49. The van der Waals surface area contributed by atoms with Crippen molar-refractivity contribution >= 4 is 11.8 Å². The van der Waals surface area contributed by atoms with E-state index >= 15 is 0 Å². The molecule has 164 valence electrons. The molecule has 2 fully saturated rings. The summed E-state index contributed by atoms with van der Waals surface area (Å²) < 4.78 is 5.41. The van der Waals surface area contributed by atoms with Crippen molar-refractivity contribution in [3.63, 3.8) is 0 Å². The second-order valence-electron chi connectivity index (χ2n) is 8.49. The molecule has 0 atom stereocenters. The van der Waals surface area contributed by atoms with Gasteiger partial charge in [0.05, 0.1) is 25.5 Å². The maximum Gasteiger partial charge on any atom is 0.320 e. The van der Waals surface area contributed by atoms with Gasteiger partial charge in [-0.25, -0.2) is 14.8 Å². The Hall–Kier alpha value is -2.74. The van der Waals surface area contributed by atoms with Gasteiger partial charge in [0.2, 0.25) is 0 Å². The molecular weight excluding hydrogens is 392 g/mol. The van der Waals surface area contributed by atoms with E-state index in [0.717, 1.165) is 48.0 Å². The molecule has 3 aliphatic rings. The molecule has 2 amide bonds. The summed E-state index contributed by atoms with van der Waals surface area (Å²) in [7, 11) is 0. The molecule has 2 aromatic rings. The van der Waals surface area contributed by atoms with E-state index in [1.807, 2.05) is 28.1 Å². The van der Waals surface area contributed by atoms with Gasteiger partial charge in [0, 0.05) is 62.7 Å². The summed E-state index contributed by atoms with van der Waals surface area (Å²) >= 11 is 0. The van der Waals surface area contributed by atoms with Crippen molar-refractivity contribution in [2.75, 3.05) is 50.8 Å². The van der Waals surface area contributed by atoms with Crippen molar-refractivity contribution < 1.29 is 9.53 Å². The fourth-order valence-electron chi connectivity index (χ4n) is 4.68. The molecule has 0 aliphatic carbocycles. The van der Waals surface area contributed by atoms with Crippen LogP contribution in [0.2, 0.25) is 0 Å². The van der Waals surface area contributed by atoms with E-state index in [0.29, 0.717) is 39.4 Å². The summed E-state index contributed by atoms with van der Waals surface area (Å²) in [5.74, 6) is 1.74. The number of urea groups is 1. The van der Waals surface area contributed by atoms with Gasteiger partial charge < -0.3 is 19.4 Å². The lowest BCUT2D eigenvalue weighted by Gasteiger charge is -2.36. The minimum atomic E-state index is 0.104. The Morgan fingerprint density at radius 2 is 1.74 bits per heavy atom. The number of amides is 2. The number of hydrogen-bond acceptors (Lipinski definition) is 6. The fourth-order valence-corrected chi connectivity index (χ4v) is 4.68. The Morgan fingerprint density at radius 1 is 0.935 bits per heavy atom. The van der Waals surface area contributed by atoms with Gasteiger partial charge in [0.25, 0.3) is 0 Å². The topological polar surface area (TPSA) is 74.7 Å². The number of anilines is 1. The molecule has 0 spiro atoms. The van der Waals surface area contributed by atoms with Crippen LogP contribution in [0.5, 0.6) is 0 Å². The highest BCUT2D eigenvalue weighted by molar-refractivity contribution is 5.75. The zero-order valence-electron chi connectivity index (χ0n) is 18.0. The maximum absolute atomic E-state index is 13.1. The Balaban J connectivity index is 1.48. The summed E-state index contributed by atoms with van der Waals surface area (Å²) in [5, 5.41) is 0. The van der Waals surface area contributed by atoms with Crippen molar-refractivity contribution in [3.05, 3.63) is 35.8 Å². The SMILES string of the molecule is O=C(N1CCOCC1)N1CCc2nc(-c3cccnc3)nc(N3CCCCCC3)c2C1. The van der Waals surface area contributed by atoms with Crippen LogP contribution in [0.3, 0.4) is 0 Å². The minimum Gasteiger partial charge on any atom is -0.378 e. The Kier molecular flexibility index (Phi) is 5.97. The lowest BCUT2D eigenvalue weighted by atomic mass is 10.0. The number of hydrogen-bond donors (Lipinski definition) is 0. The van der Waals surface area contributed by atoms with Crippen molar-refractivity contribution in [2.45, 2.75) is 38.6 Å². The normalized spacial score (nSPS) is 19.7. The van der Waals surface area contributed by atoms with Crippen LogP contribution in [0.4, 0.5) is 10.6 Å². The van der Waals surface area contributed by atoms with E-state index in [-0.39, 0.29) is 6.03 Å². The van der Waals surface area contributed by atoms with Crippen LogP contribution in [-0.2, 0) is 17.7 Å². The average molecular weight is 423 g/mol. The van der Waals surface area contributed by atoms with Crippen LogP contribution in [0.25, 0.3) is 11.4 Å². The molecule has 31 heavy (non-hydrogen) atoms. The highest BCUT2D eigenvalue weighted by Gasteiger charge is 2.30. The predicted octanol–water partition coefficient (Wildman–Crippen LogP) is 2.73. The summed E-state index contributed by atoms with van der Waals surface area (Å²) in [6.07, 6.45) is 9.23. The number of carbonyl (C=O) groups is 1. The summed E-state index contributed by atoms with van der Waals surface area (Å²) in [5.41, 5.74) is 3.12. The first-order valence-corrected chi connectivity index (χ1v) is 11.5. The van der Waals surface area contributed by atoms with Crippen LogP contribution >= 0.6 is 0 Å². The smallest absolute Gasteiger partial charge is 0.320 e. The molecule has 0 N–H and O–H groups in total. The standard InChI is InChI=1S/C23H30N6O2/c30-23(28-12-14-31-15-13-28)29-11-7-20-19(17-29)22(27-9-3-1-2-4-10-27)26-21(25-20)18-6-5-8-24-16-18/h5-6,8,16H,1-4,7,9-15,17H2. The molecule has 0 aromatic carbocycles. The van der Waals surface area contributed by atoms with Crippen molar-refractivity contribution in [1.82, 2.24) is 24.8 Å². The first-order valence-electron chi connectivity index (χ1n) is 11.5. The zero-order valence-corrected chi connectivity index (χ0v) is 18.0. The molecular formula is C23H30N6O2. The largest absolute Gasteiger partial charge is 0.378 e. The minimum absolute atomic E-state index is 0.104. The molecule has 8 heteroatoms. The van der Waals surface area contributed by atoms with Crippen LogP contribution in [-0.4, -0.2) is 76.7 Å². The molecule has 2 saturated heterocycles. The second-order valence-corrected chi connectivity index (χ2v) is 8.49. The van der Waals surface area contributed by atoms with E-state index in [4.69, 9.17) is 14.7 Å². The van der Waals surface area contributed by atoms with Crippen molar-refractivity contribution in [2.24, 2.45) is 0 Å². The predicted molar refractivity (Wildman–Crippen MR) is 118 cm³/mol. The highest BCUT2D eigenvalue weighted by Crippen LogP contribution is 2.31. The van der Waals surface area contributed by atoms with E-state index in [2.05, 4.69) is 9.88 Å². The van der Waals surface area contributed by atoms with Crippen molar-refractivity contribution in [3.8, 4) is 11.4 Å². The lowest BCUT2D eigenvalue weighted by molar-refractivity contribution is 0.0421. The third-order valence-electron chi connectivity index (χ3n) is 6.42. The molecule has 5 rings (SSSR count). The van der Waals surface area contributed by atoms with Crippen LogP contribution in [0, 0.1) is 0 Å². The van der Waals surface area contributed by atoms with Gasteiger partial charge in [-0.3, -0.25) is 4.98 Å². The van der Waals surface area contributed by atoms with Gasteiger partial charge in [-0.1, -0.05) is 12.8 Å². The summed E-state index contributed by atoms with van der Waals surface area (Å²) in [6, 6.07) is 4.04. The number of morpholine rings is 1. The van der Waals surface area contributed by atoms with Crippen LogP contribution < -0.4 is 4.90 Å². The molecule has 0 radical (unpaired) electrons. The molecule has 5 heterocycles. The Bertz CT molecular complexity index is 908. The van der Waals surface area contributed by atoms with Gasteiger partial charge in [-0.05, 0) is 25.0 Å². The quantitative estimate of drug-likeness (QED) is 0.741. The Morgan fingerprint density at radius 3 is 2.48 bits per heavy atom. The number of ether oxygens (including phenoxy) is 1. The second kappa shape index (κ2) is 9.18. The Labute approximate surface area is 183 Å². The average Bonchev–Trinajstić information content (AvgIpc) is 3.13. The number of fused-ring (bicyclic) bond motifs is 1. The number of pyridine rings is 1. The molecule has 2 aromatic heterocycles. The molecule has 8 nitrogen and oxygen atoms in total. The zero-order chi connectivity index (χ0) is 21.0. The van der Waals surface area contributed by atoms with E-state index in [9.17, 15) is 4.79 Å². The van der Waals surface area contributed by atoms with Crippen molar-refractivity contribution in [1.29, 1.82) is 0 Å².